The predicted octanol–water partition coefficient (Wildman–Crippen LogP) is 5.41. The Hall–Kier alpha value is -4.48. The van der Waals surface area contributed by atoms with E-state index in [1.165, 1.54) is 36.2 Å². The first-order valence-corrected chi connectivity index (χ1v) is 12.5. The number of amides is 1. The van der Waals surface area contributed by atoms with Gasteiger partial charge in [-0.1, -0.05) is 35.5 Å². The zero-order chi connectivity index (χ0) is 26.9. The third kappa shape index (κ3) is 6.64. The Balaban J connectivity index is 1.44. The Labute approximate surface area is 227 Å². The standard InChI is InChI=1S/C26H21ClN6O4S/c1-37-22-14-8-19(9-15-22)25-30-31-26(32(25)21-12-10-20(27)11-13-21)38-17-24(34)29-28-16-4-6-18-5-2-3-7-23(18)33(35)36/h2-16H,17H2,1H3,(H,29,34)/b6-4+,28-16+. The summed E-state index contributed by atoms with van der Waals surface area (Å²) in [6.07, 6.45) is 4.39. The van der Waals surface area contributed by atoms with Crippen LogP contribution in [0.25, 0.3) is 23.2 Å². The maximum absolute atomic E-state index is 12.4. The summed E-state index contributed by atoms with van der Waals surface area (Å²) in [6, 6.07) is 21.0. The maximum Gasteiger partial charge on any atom is 0.276 e. The second-order valence-electron chi connectivity index (χ2n) is 7.62. The number of hydrogen-bond donors (Lipinski definition) is 1. The van der Waals surface area contributed by atoms with Crippen LogP contribution in [0.4, 0.5) is 5.69 Å². The van der Waals surface area contributed by atoms with Crippen LogP contribution in [-0.4, -0.2) is 44.7 Å². The van der Waals surface area contributed by atoms with Crippen LogP contribution in [0, 0.1) is 10.1 Å². The van der Waals surface area contributed by atoms with E-state index < -0.39 is 4.92 Å². The van der Waals surface area contributed by atoms with E-state index in [-0.39, 0.29) is 17.3 Å². The molecule has 0 aliphatic carbocycles. The van der Waals surface area contributed by atoms with E-state index in [1.54, 1.807) is 37.4 Å². The molecule has 4 aromatic rings. The molecule has 0 radical (unpaired) electrons. The number of aromatic nitrogens is 3. The van der Waals surface area contributed by atoms with Crippen molar-refractivity contribution in [2.45, 2.75) is 5.16 Å². The Bertz CT molecular complexity index is 1490. The van der Waals surface area contributed by atoms with E-state index in [4.69, 9.17) is 16.3 Å². The molecule has 0 fully saturated rings. The molecule has 38 heavy (non-hydrogen) atoms. The van der Waals surface area contributed by atoms with Gasteiger partial charge in [0, 0.05) is 28.6 Å². The quantitative estimate of drug-likeness (QED) is 0.121. The van der Waals surface area contributed by atoms with Gasteiger partial charge in [0.2, 0.25) is 0 Å². The molecule has 0 bridgehead atoms. The minimum absolute atomic E-state index is 0.0172. The largest absolute Gasteiger partial charge is 0.497 e. The summed E-state index contributed by atoms with van der Waals surface area (Å²) < 4.78 is 7.08. The van der Waals surface area contributed by atoms with Crippen molar-refractivity contribution in [3.05, 3.63) is 99.6 Å². The smallest absolute Gasteiger partial charge is 0.276 e. The second-order valence-corrected chi connectivity index (χ2v) is 9.00. The van der Waals surface area contributed by atoms with Crippen molar-refractivity contribution >= 4 is 47.2 Å². The lowest BCUT2D eigenvalue weighted by Crippen LogP contribution is -2.19. The minimum Gasteiger partial charge on any atom is -0.497 e. The molecule has 0 saturated heterocycles. The topological polar surface area (TPSA) is 125 Å². The highest BCUT2D eigenvalue weighted by atomic mass is 35.5. The summed E-state index contributed by atoms with van der Waals surface area (Å²) in [5, 5.41) is 24.7. The number of hydrogen-bond acceptors (Lipinski definition) is 8. The van der Waals surface area contributed by atoms with Crippen LogP contribution in [-0.2, 0) is 4.79 Å². The molecule has 1 aromatic heterocycles. The molecule has 1 heterocycles. The molecule has 0 atom stereocenters. The van der Waals surface area contributed by atoms with E-state index in [1.807, 2.05) is 41.0 Å². The lowest BCUT2D eigenvalue weighted by atomic mass is 10.2. The highest BCUT2D eigenvalue weighted by Gasteiger charge is 2.17. The number of nitrogens with zero attached hydrogens (tertiary/aromatic N) is 5. The van der Waals surface area contributed by atoms with Crippen LogP contribution in [0.15, 0.2) is 89.1 Å². The average molecular weight is 549 g/mol. The first kappa shape index (κ1) is 26.6. The number of para-hydroxylation sites is 1. The summed E-state index contributed by atoms with van der Waals surface area (Å²) >= 11 is 7.27. The van der Waals surface area contributed by atoms with Gasteiger partial charge in [-0.15, -0.1) is 10.2 Å². The monoisotopic (exact) mass is 548 g/mol. The van der Waals surface area contributed by atoms with Crippen molar-refractivity contribution in [3.8, 4) is 22.8 Å². The van der Waals surface area contributed by atoms with E-state index in [0.29, 0.717) is 21.6 Å². The molecular weight excluding hydrogens is 528 g/mol. The number of carbonyl (C=O) groups is 1. The van der Waals surface area contributed by atoms with Gasteiger partial charge in [0.05, 0.1) is 23.3 Å². The zero-order valence-corrected chi connectivity index (χ0v) is 21.6. The molecule has 192 valence electrons. The van der Waals surface area contributed by atoms with Gasteiger partial charge in [0.15, 0.2) is 11.0 Å². The van der Waals surface area contributed by atoms with Gasteiger partial charge in [-0.3, -0.25) is 19.5 Å². The molecule has 0 aliphatic heterocycles. The number of rotatable bonds is 10. The van der Waals surface area contributed by atoms with Crippen molar-refractivity contribution in [3.63, 3.8) is 0 Å². The van der Waals surface area contributed by atoms with E-state index in [0.717, 1.165) is 17.0 Å². The number of halogens is 1. The summed E-state index contributed by atoms with van der Waals surface area (Å²) in [5.41, 5.74) is 4.45. The second kappa shape index (κ2) is 12.7. The number of nitrogens with one attached hydrogen (secondary N) is 1. The molecule has 0 saturated carbocycles. The Morgan fingerprint density at radius 2 is 1.87 bits per heavy atom. The van der Waals surface area contributed by atoms with Gasteiger partial charge < -0.3 is 4.74 Å². The first-order valence-electron chi connectivity index (χ1n) is 11.2. The number of allylic oxidation sites excluding steroid dienone is 1. The minimum atomic E-state index is -0.460. The van der Waals surface area contributed by atoms with Crippen molar-refractivity contribution in [1.29, 1.82) is 0 Å². The zero-order valence-electron chi connectivity index (χ0n) is 20.0. The van der Waals surface area contributed by atoms with Crippen molar-refractivity contribution in [1.82, 2.24) is 20.2 Å². The van der Waals surface area contributed by atoms with Crippen LogP contribution in [0.3, 0.4) is 0 Å². The number of hydrazone groups is 1. The van der Waals surface area contributed by atoms with E-state index >= 15 is 0 Å². The van der Waals surface area contributed by atoms with Gasteiger partial charge in [-0.25, -0.2) is 5.43 Å². The lowest BCUT2D eigenvalue weighted by Gasteiger charge is -2.11. The average Bonchev–Trinajstić information content (AvgIpc) is 3.36. The van der Waals surface area contributed by atoms with Crippen LogP contribution in [0.2, 0.25) is 5.02 Å². The number of benzene rings is 3. The van der Waals surface area contributed by atoms with E-state index in [2.05, 4.69) is 20.7 Å². The summed E-state index contributed by atoms with van der Waals surface area (Å²) in [6.45, 7) is 0. The third-order valence-corrected chi connectivity index (χ3v) is 6.34. The van der Waals surface area contributed by atoms with Crippen molar-refractivity contribution in [2.75, 3.05) is 12.9 Å². The summed E-state index contributed by atoms with van der Waals surface area (Å²) in [4.78, 5) is 23.0. The van der Waals surface area contributed by atoms with Crippen molar-refractivity contribution in [2.24, 2.45) is 5.10 Å². The molecule has 0 unspecified atom stereocenters. The van der Waals surface area contributed by atoms with Crippen LogP contribution >= 0.6 is 23.4 Å². The number of thioether (sulfide) groups is 1. The Morgan fingerprint density at radius 3 is 2.58 bits per heavy atom. The maximum atomic E-state index is 12.4. The highest BCUT2D eigenvalue weighted by Crippen LogP contribution is 2.29. The SMILES string of the molecule is COc1ccc(-c2nnc(SCC(=O)N/N=C/C=C/c3ccccc3[N+](=O)[O-])n2-c2ccc(Cl)cc2)cc1. The fourth-order valence-corrected chi connectivity index (χ4v) is 4.24. The van der Waals surface area contributed by atoms with Gasteiger partial charge in [-0.05, 0) is 66.7 Å². The fourth-order valence-electron chi connectivity index (χ4n) is 3.37. The Morgan fingerprint density at radius 1 is 1.13 bits per heavy atom. The third-order valence-electron chi connectivity index (χ3n) is 5.16. The molecule has 10 nitrogen and oxygen atoms in total. The molecule has 4 rings (SSSR count). The summed E-state index contributed by atoms with van der Waals surface area (Å²) in [5.74, 6) is 0.979. The molecule has 3 aromatic carbocycles. The van der Waals surface area contributed by atoms with Gasteiger partial charge in [-0.2, -0.15) is 5.10 Å². The lowest BCUT2D eigenvalue weighted by molar-refractivity contribution is -0.385. The number of carbonyl (C=O) groups excluding carboxylic acids is 1. The van der Waals surface area contributed by atoms with E-state index in [9.17, 15) is 14.9 Å². The Kier molecular flexibility index (Phi) is 8.85. The van der Waals surface area contributed by atoms with Crippen LogP contribution in [0.5, 0.6) is 5.75 Å². The van der Waals surface area contributed by atoms with Crippen LogP contribution in [0.1, 0.15) is 5.56 Å². The molecule has 12 heteroatoms. The number of methoxy groups -OCH3 is 1. The molecule has 1 amide bonds. The van der Waals surface area contributed by atoms with Crippen LogP contribution < -0.4 is 10.2 Å². The fraction of sp³-hybridized carbons (Fsp3) is 0.0769. The molecular formula is C26H21ClN6O4S. The van der Waals surface area contributed by atoms with Gasteiger partial charge >= 0.3 is 0 Å². The predicted molar refractivity (Wildman–Crippen MR) is 148 cm³/mol. The molecule has 1 N–H and O–H groups in total. The summed E-state index contributed by atoms with van der Waals surface area (Å²) in [7, 11) is 1.60. The van der Waals surface area contributed by atoms with Crippen molar-refractivity contribution < 1.29 is 14.5 Å². The molecule has 0 aliphatic rings. The highest BCUT2D eigenvalue weighted by molar-refractivity contribution is 7.99. The number of nitro groups is 1. The number of nitro benzene ring substituents is 1. The molecule has 0 spiro atoms. The number of ether oxygens (including phenoxy) is 1. The normalized spacial score (nSPS) is 11.2. The first-order chi connectivity index (χ1) is 18.5. The van der Waals surface area contributed by atoms with Gasteiger partial charge in [0.1, 0.15) is 5.75 Å². The van der Waals surface area contributed by atoms with Gasteiger partial charge in [0.25, 0.3) is 11.6 Å².